The third-order valence-corrected chi connectivity index (χ3v) is 5.70. The molecule has 1 N–H and O–H groups in total. The fourth-order valence-electron chi connectivity index (χ4n) is 3.86. The zero-order chi connectivity index (χ0) is 21.6. The van der Waals surface area contributed by atoms with Gasteiger partial charge in [0.2, 0.25) is 0 Å². The van der Waals surface area contributed by atoms with Crippen LogP contribution in [0.15, 0.2) is 78.9 Å². The number of amides is 2. The number of hydrogen-bond acceptors (Lipinski definition) is 3. The molecule has 1 saturated heterocycles. The lowest BCUT2D eigenvalue weighted by Crippen LogP contribution is -2.49. The van der Waals surface area contributed by atoms with Crippen molar-refractivity contribution in [3.63, 3.8) is 0 Å². The Hall–Kier alpha value is -3.60. The highest BCUT2D eigenvalue weighted by Crippen LogP contribution is 2.27. The van der Waals surface area contributed by atoms with E-state index in [-0.39, 0.29) is 11.8 Å². The molecule has 1 aliphatic rings. The lowest BCUT2D eigenvalue weighted by atomic mass is 10.1. The molecule has 0 aromatic heterocycles. The van der Waals surface area contributed by atoms with Gasteiger partial charge in [-0.15, -0.1) is 0 Å². The van der Waals surface area contributed by atoms with Gasteiger partial charge in [-0.3, -0.25) is 9.59 Å². The van der Waals surface area contributed by atoms with E-state index in [1.165, 1.54) is 5.56 Å². The predicted octanol–water partition coefficient (Wildman–Crippen LogP) is 4.46. The third-order valence-electron chi connectivity index (χ3n) is 5.70. The van der Waals surface area contributed by atoms with Gasteiger partial charge in [0.1, 0.15) is 0 Å². The van der Waals surface area contributed by atoms with Crippen LogP contribution in [0.25, 0.3) is 0 Å². The van der Waals surface area contributed by atoms with E-state index in [1.807, 2.05) is 83.8 Å². The Kier molecular flexibility index (Phi) is 6.32. The van der Waals surface area contributed by atoms with Gasteiger partial charge in [-0.25, -0.2) is 0 Å². The predicted molar refractivity (Wildman–Crippen MR) is 125 cm³/mol. The average Bonchev–Trinajstić information content (AvgIpc) is 2.84. The van der Waals surface area contributed by atoms with E-state index >= 15 is 0 Å². The molecule has 1 aliphatic heterocycles. The van der Waals surface area contributed by atoms with E-state index in [4.69, 9.17) is 0 Å². The molecule has 0 unspecified atom stereocenters. The van der Waals surface area contributed by atoms with Gasteiger partial charge in [0, 0.05) is 37.3 Å². The summed E-state index contributed by atoms with van der Waals surface area (Å²) in [5.74, 6) is -0.0506. The SMILES string of the molecule is CCc1ccc(C(=O)Nc2ccccc2N2CCN(C(=O)c3ccccc3)CC2)cc1. The van der Waals surface area contributed by atoms with E-state index in [0.29, 0.717) is 18.7 Å². The number of nitrogens with zero attached hydrogens (tertiary/aromatic N) is 2. The van der Waals surface area contributed by atoms with Crippen molar-refractivity contribution in [2.75, 3.05) is 36.4 Å². The second-order valence-electron chi connectivity index (χ2n) is 7.67. The summed E-state index contributed by atoms with van der Waals surface area (Å²) in [6, 6.07) is 25.0. The van der Waals surface area contributed by atoms with Gasteiger partial charge in [-0.1, -0.05) is 49.4 Å². The van der Waals surface area contributed by atoms with Crippen molar-refractivity contribution in [3.05, 3.63) is 95.6 Å². The second-order valence-corrected chi connectivity index (χ2v) is 7.67. The molecule has 0 saturated carbocycles. The first-order valence-electron chi connectivity index (χ1n) is 10.7. The highest BCUT2D eigenvalue weighted by atomic mass is 16.2. The largest absolute Gasteiger partial charge is 0.366 e. The van der Waals surface area contributed by atoms with Crippen molar-refractivity contribution in [2.45, 2.75) is 13.3 Å². The van der Waals surface area contributed by atoms with Gasteiger partial charge in [0.05, 0.1) is 11.4 Å². The molecule has 0 bridgehead atoms. The van der Waals surface area contributed by atoms with E-state index in [9.17, 15) is 9.59 Å². The summed E-state index contributed by atoms with van der Waals surface area (Å²) in [5.41, 5.74) is 4.34. The summed E-state index contributed by atoms with van der Waals surface area (Å²) in [6.45, 7) is 4.83. The van der Waals surface area contributed by atoms with Crippen molar-refractivity contribution in [1.29, 1.82) is 0 Å². The topological polar surface area (TPSA) is 52.7 Å². The van der Waals surface area contributed by atoms with E-state index in [1.54, 1.807) is 0 Å². The maximum Gasteiger partial charge on any atom is 0.255 e. The van der Waals surface area contributed by atoms with Crippen molar-refractivity contribution in [1.82, 2.24) is 4.90 Å². The lowest BCUT2D eigenvalue weighted by molar-refractivity contribution is 0.0746. The van der Waals surface area contributed by atoms with Crippen LogP contribution in [0.1, 0.15) is 33.2 Å². The van der Waals surface area contributed by atoms with Crippen LogP contribution < -0.4 is 10.2 Å². The van der Waals surface area contributed by atoms with Crippen molar-refractivity contribution in [2.24, 2.45) is 0 Å². The molecule has 4 rings (SSSR count). The standard InChI is InChI=1S/C26H27N3O2/c1-2-20-12-14-21(15-13-20)25(30)27-23-10-6-7-11-24(23)28-16-18-29(19-17-28)26(31)22-8-4-3-5-9-22/h3-15H,2,16-19H2,1H3,(H,27,30). The molecule has 158 valence electrons. The van der Waals surface area contributed by atoms with Gasteiger partial charge in [0.25, 0.3) is 11.8 Å². The Bertz CT molecular complexity index is 1040. The molecule has 1 fully saturated rings. The van der Waals surface area contributed by atoms with Crippen LogP contribution in [-0.4, -0.2) is 42.9 Å². The summed E-state index contributed by atoms with van der Waals surface area (Å²) >= 11 is 0. The fraction of sp³-hybridized carbons (Fsp3) is 0.231. The summed E-state index contributed by atoms with van der Waals surface area (Å²) < 4.78 is 0. The highest BCUT2D eigenvalue weighted by Gasteiger charge is 2.23. The van der Waals surface area contributed by atoms with Crippen LogP contribution >= 0.6 is 0 Å². The van der Waals surface area contributed by atoms with Crippen LogP contribution in [0.2, 0.25) is 0 Å². The Labute approximate surface area is 183 Å². The van der Waals surface area contributed by atoms with Crippen LogP contribution in [0.3, 0.4) is 0 Å². The molecule has 5 nitrogen and oxygen atoms in total. The molecule has 3 aromatic carbocycles. The number of aryl methyl sites for hydroxylation is 1. The molecule has 5 heteroatoms. The highest BCUT2D eigenvalue weighted by molar-refractivity contribution is 6.06. The summed E-state index contributed by atoms with van der Waals surface area (Å²) in [6.07, 6.45) is 0.948. The normalized spacial score (nSPS) is 13.7. The molecule has 0 aliphatic carbocycles. The third kappa shape index (κ3) is 4.77. The number of hydrogen-bond donors (Lipinski definition) is 1. The molecular formula is C26H27N3O2. The monoisotopic (exact) mass is 413 g/mol. The Morgan fingerprint density at radius 2 is 1.42 bits per heavy atom. The summed E-state index contributed by atoms with van der Waals surface area (Å²) in [7, 11) is 0. The minimum Gasteiger partial charge on any atom is -0.366 e. The number of para-hydroxylation sites is 2. The smallest absolute Gasteiger partial charge is 0.255 e. The van der Waals surface area contributed by atoms with Gasteiger partial charge >= 0.3 is 0 Å². The number of carbonyl (C=O) groups is 2. The number of anilines is 2. The minimum atomic E-state index is -0.118. The number of rotatable bonds is 5. The Balaban J connectivity index is 1.43. The van der Waals surface area contributed by atoms with Crippen molar-refractivity contribution < 1.29 is 9.59 Å². The molecule has 2 amide bonds. The number of carbonyl (C=O) groups excluding carboxylic acids is 2. The van der Waals surface area contributed by atoms with Gasteiger partial charge in [-0.05, 0) is 48.4 Å². The maximum atomic E-state index is 12.8. The summed E-state index contributed by atoms with van der Waals surface area (Å²) in [4.78, 5) is 29.6. The van der Waals surface area contributed by atoms with Gasteiger partial charge < -0.3 is 15.1 Å². The Morgan fingerprint density at radius 3 is 2.10 bits per heavy atom. The first kappa shape index (κ1) is 20.7. The number of benzene rings is 3. The van der Waals surface area contributed by atoms with E-state index in [0.717, 1.165) is 36.4 Å². The zero-order valence-corrected chi connectivity index (χ0v) is 17.8. The van der Waals surface area contributed by atoms with E-state index < -0.39 is 0 Å². The molecule has 0 atom stereocenters. The lowest BCUT2D eigenvalue weighted by Gasteiger charge is -2.37. The number of nitrogens with one attached hydrogen (secondary N) is 1. The fourth-order valence-corrected chi connectivity index (χ4v) is 3.86. The Morgan fingerprint density at radius 1 is 0.774 bits per heavy atom. The molecule has 3 aromatic rings. The van der Waals surface area contributed by atoms with Crippen molar-refractivity contribution in [3.8, 4) is 0 Å². The molecule has 0 radical (unpaired) electrons. The van der Waals surface area contributed by atoms with Crippen LogP contribution in [0, 0.1) is 0 Å². The molecule has 31 heavy (non-hydrogen) atoms. The quantitative estimate of drug-likeness (QED) is 0.672. The van der Waals surface area contributed by atoms with Crippen LogP contribution in [-0.2, 0) is 6.42 Å². The van der Waals surface area contributed by atoms with E-state index in [2.05, 4.69) is 17.1 Å². The van der Waals surface area contributed by atoms with Crippen LogP contribution in [0.5, 0.6) is 0 Å². The average molecular weight is 414 g/mol. The molecule has 0 spiro atoms. The zero-order valence-electron chi connectivity index (χ0n) is 17.8. The molecular weight excluding hydrogens is 386 g/mol. The molecule has 1 heterocycles. The van der Waals surface area contributed by atoms with Gasteiger partial charge in [0.15, 0.2) is 0 Å². The first-order chi connectivity index (χ1) is 15.2. The van der Waals surface area contributed by atoms with Crippen LogP contribution in [0.4, 0.5) is 11.4 Å². The first-order valence-corrected chi connectivity index (χ1v) is 10.7. The summed E-state index contributed by atoms with van der Waals surface area (Å²) in [5, 5.41) is 3.06. The minimum absolute atomic E-state index is 0.0670. The van der Waals surface area contributed by atoms with Crippen molar-refractivity contribution >= 4 is 23.2 Å². The number of piperazine rings is 1. The maximum absolute atomic E-state index is 12.8. The second kappa shape index (κ2) is 9.47. The van der Waals surface area contributed by atoms with Gasteiger partial charge in [-0.2, -0.15) is 0 Å².